The van der Waals surface area contributed by atoms with Gasteiger partial charge in [-0.2, -0.15) is 0 Å². The number of ether oxygens (including phenoxy) is 1. The molecule has 1 aliphatic rings. The van der Waals surface area contributed by atoms with E-state index in [1.54, 1.807) is 25.5 Å². The highest BCUT2D eigenvalue weighted by atomic mass is 32.1. The van der Waals surface area contributed by atoms with Gasteiger partial charge in [0.2, 0.25) is 0 Å². The zero-order chi connectivity index (χ0) is 15.4. The summed E-state index contributed by atoms with van der Waals surface area (Å²) in [4.78, 5) is 22.9. The summed E-state index contributed by atoms with van der Waals surface area (Å²) in [5, 5.41) is 0.864. The molecule has 0 amide bonds. The molecule has 3 rings (SSSR count). The number of thiazole rings is 1. The second-order valence-electron chi connectivity index (χ2n) is 4.90. The fourth-order valence-electron chi connectivity index (χ4n) is 2.39. The van der Waals surface area contributed by atoms with Gasteiger partial charge < -0.3 is 9.64 Å². The first-order valence-electron chi connectivity index (χ1n) is 7.25. The van der Waals surface area contributed by atoms with Crippen molar-refractivity contribution in [3.05, 3.63) is 47.2 Å². The van der Waals surface area contributed by atoms with E-state index in [-0.39, 0.29) is 5.97 Å². The number of carbonyl (C=O) groups is 1. The van der Waals surface area contributed by atoms with Crippen molar-refractivity contribution in [2.24, 2.45) is 0 Å². The number of anilines is 1. The van der Waals surface area contributed by atoms with Gasteiger partial charge in [0.05, 0.1) is 12.8 Å². The predicted molar refractivity (Wildman–Crippen MR) is 87.1 cm³/mol. The van der Waals surface area contributed by atoms with Gasteiger partial charge in [0.15, 0.2) is 5.13 Å². The van der Waals surface area contributed by atoms with E-state index < -0.39 is 0 Å². The molecule has 1 aliphatic heterocycles. The first-order valence-corrected chi connectivity index (χ1v) is 8.07. The van der Waals surface area contributed by atoms with Crippen LogP contribution in [0.1, 0.15) is 28.6 Å². The zero-order valence-corrected chi connectivity index (χ0v) is 13.2. The molecule has 6 heteroatoms. The average Bonchev–Trinajstić information content (AvgIpc) is 3.06. The molecule has 0 radical (unpaired) electrons. The SMILES string of the molecule is CCOC(=O)c1cnc(N2CCC=C(c3ccncc3)C2)s1. The third-order valence-electron chi connectivity index (χ3n) is 3.44. The van der Waals surface area contributed by atoms with Crippen LogP contribution in [0.5, 0.6) is 0 Å². The Balaban J connectivity index is 1.74. The van der Waals surface area contributed by atoms with Crippen molar-refractivity contribution in [3.8, 4) is 0 Å². The molecule has 22 heavy (non-hydrogen) atoms. The number of hydrogen-bond acceptors (Lipinski definition) is 6. The summed E-state index contributed by atoms with van der Waals surface area (Å²) in [7, 11) is 0. The number of rotatable bonds is 4. The Morgan fingerprint density at radius 2 is 2.23 bits per heavy atom. The van der Waals surface area contributed by atoms with Crippen LogP contribution in [0.15, 0.2) is 36.8 Å². The second kappa shape index (κ2) is 6.70. The first-order chi connectivity index (χ1) is 10.8. The Morgan fingerprint density at radius 1 is 1.41 bits per heavy atom. The van der Waals surface area contributed by atoms with Crippen LogP contribution < -0.4 is 4.90 Å². The summed E-state index contributed by atoms with van der Waals surface area (Å²) in [5.74, 6) is -0.298. The number of pyridine rings is 1. The van der Waals surface area contributed by atoms with Crippen molar-refractivity contribution in [1.29, 1.82) is 0 Å². The first kappa shape index (κ1) is 14.7. The summed E-state index contributed by atoms with van der Waals surface area (Å²) in [5.41, 5.74) is 2.45. The van der Waals surface area contributed by atoms with Crippen molar-refractivity contribution < 1.29 is 9.53 Å². The molecule has 0 N–H and O–H groups in total. The molecule has 2 aromatic heterocycles. The molecule has 0 saturated carbocycles. The Morgan fingerprint density at radius 3 is 3.00 bits per heavy atom. The minimum Gasteiger partial charge on any atom is -0.462 e. The lowest BCUT2D eigenvalue weighted by Crippen LogP contribution is -2.29. The van der Waals surface area contributed by atoms with Crippen LogP contribution in [0.3, 0.4) is 0 Å². The number of esters is 1. The summed E-state index contributed by atoms with van der Waals surface area (Å²) in [6.45, 7) is 3.88. The molecular weight excluding hydrogens is 298 g/mol. The molecule has 0 fully saturated rings. The van der Waals surface area contributed by atoms with Crippen LogP contribution in [-0.4, -0.2) is 35.6 Å². The third-order valence-corrected chi connectivity index (χ3v) is 4.48. The van der Waals surface area contributed by atoms with Crippen molar-refractivity contribution in [3.63, 3.8) is 0 Å². The molecular formula is C16H17N3O2S. The molecule has 0 unspecified atom stereocenters. The second-order valence-corrected chi connectivity index (χ2v) is 5.91. The maximum atomic E-state index is 11.7. The summed E-state index contributed by atoms with van der Waals surface area (Å²) >= 11 is 1.39. The van der Waals surface area contributed by atoms with E-state index in [4.69, 9.17) is 4.74 Å². The number of hydrogen-bond donors (Lipinski definition) is 0. The van der Waals surface area contributed by atoms with Crippen LogP contribution in [0.2, 0.25) is 0 Å². The van der Waals surface area contributed by atoms with E-state index in [9.17, 15) is 4.79 Å². The van der Waals surface area contributed by atoms with E-state index in [0.29, 0.717) is 11.5 Å². The predicted octanol–water partition coefficient (Wildman–Crippen LogP) is 3.01. The standard InChI is InChI=1S/C16H17N3O2S/c1-2-21-15(20)14-10-18-16(22-14)19-9-3-4-13(11-19)12-5-7-17-8-6-12/h4-8,10H,2-3,9,11H2,1H3. The fraction of sp³-hybridized carbons (Fsp3) is 0.312. The Hall–Kier alpha value is -2.21. The van der Waals surface area contributed by atoms with Crippen LogP contribution in [0.4, 0.5) is 5.13 Å². The average molecular weight is 315 g/mol. The van der Waals surface area contributed by atoms with Gasteiger partial charge in [-0.15, -0.1) is 0 Å². The Bertz CT molecular complexity index is 682. The highest BCUT2D eigenvalue weighted by molar-refractivity contribution is 7.17. The van der Waals surface area contributed by atoms with Gasteiger partial charge in [-0.05, 0) is 36.6 Å². The van der Waals surface area contributed by atoms with Gasteiger partial charge in [0, 0.05) is 25.5 Å². The highest BCUT2D eigenvalue weighted by Gasteiger charge is 2.19. The molecule has 2 aromatic rings. The molecule has 0 spiro atoms. The van der Waals surface area contributed by atoms with Gasteiger partial charge in [-0.25, -0.2) is 9.78 Å². The lowest BCUT2D eigenvalue weighted by molar-refractivity contribution is 0.0532. The number of nitrogens with zero attached hydrogens (tertiary/aromatic N) is 3. The van der Waals surface area contributed by atoms with Gasteiger partial charge in [-0.3, -0.25) is 4.98 Å². The van der Waals surface area contributed by atoms with Gasteiger partial charge in [0.1, 0.15) is 4.88 Å². The number of aromatic nitrogens is 2. The van der Waals surface area contributed by atoms with E-state index in [1.807, 2.05) is 12.1 Å². The quantitative estimate of drug-likeness (QED) is 0.812. The molecule has 0 aliphatic carbocycles. The van der Waals surface area contributed by atoms with E-state index in [1.165, 1.54) is 22.5 Å². The minimum absolute atomic E-state index is 0.298. The van der Waals surface area contributed by atoms with Crippen molar-refractivity contribution in [2.45, 2.75) is 13.3 Å². The largest absolute Gasteiger partial charge is 0.462 e. The molecule has 0 atom stereocenters. The van der Waals surface area contributed by atoms with Crippen molar-refractivity contribution in [2.75, 3.05) is 24.6 Å². The van der Waals surface area contributed by atoms with Crippen LogP contribution in [0.25, 0.3) is 5.57 Å². The van der Waals surface area contributed by atoms with Crippen LogP contribution in [0, 0.1) is 0 Å². The third kappa shape index (κ3) is 3.17. The van der Waals surface area contributed by atoms with Crippen LogP contribution in [-0.2, 0) is 4.74 Å². The molecule has 0 aromatic carbocycles. The van der Waals surface area contributed by atoms with Crippen LogP contribution >= 0.6 is 11.3 Å². The van der Waals surface area contributed by atoms with E-state index in [2.05, 4.69) is 20.9 Å². The van der Waals surface area contributed by atoms with E-state index >= 15 is 0 Å². The topological polar surface area (TPSA) is 55.3 Å². The summed E-state index contributed by atoms with van der Waals surface area (Å²) in [6.07, 6.45) is 8.43. The maximum Gasteiger partial charge on any atom is 0.350 e. The molecule has 5 nitrogen and oxygen atoms in total. The normalized spacial score (nSPS) is 14.6. The maximum absolute atomic E-state index is 11.7. The lowest BCUT2D eigenvalue weighted by atomic mass is 10.0. The smallest absolute Gasteiger partial charge is 0.350 e. The summed E-state index contributed by atoms with van der Waals surface area (Å²) < 4.78 is 5.01. The highest BCUT2D eigenvalue weighted by Crippen LogP contribution is 2.28. The molecule has 0 bridgehead atoms. The lowest BCUT2D eigenvalue weighted by Gasteiger charge is -2.27. The van der Waals surface area contributed by atoms with Crippen molar-refractivity contribution >= 4 is 28.0 Å². The fourth-order valence-corrected chi connectivity index (χ4v) is 3.22. The van der Waals surface area contributed by atoms with Gasteiger partial charge >= 0.3 is 5.97 Å². The minimum atomic E-state index is -0.298. The van der Waals surface area contributed by atoms with Gasteiger partial charge in [-0.1, -0.05) is 17.4 Å². The van der Waals surface area contributed by atoms with Gasteiger partial charge in [0.25, 0.3) is 0 Å². The molecule has 114 valence electrons. The Kier molecular flexibility index (Phi) is 4.48. The van der Waals surface area contributed by atoms with E-state index in [0.717, 1.165) is 24.6 Å². The molecule has 3 heterocycles. The zero-order valence-electron chi connectivity index (χ0n) is 12.4. The van der Waals surface area contributed by atoms with Crippen molar-refractivity contribution in [1.82, 2.24) is 9.97 Å². The monoisotopic (exact) mass is 315 g/mol. The Labute approximate surface area is 133 Å². The number of carbonyl (C=O) groups excluding carboxylic acids is 1. The summed E-state index contributed by atoms with van der Waals surface area (Å²) in [6, 6.07) is 4.03. The molecule has 0 saturated heterocycles.